The fourth-order valence-electron chi connectivity index (χ4n) is 1.72. The third kappa shape index (κ3) is 2.29. The van der Waals surface area contributed by atoms with Gasteiger partial charge in [-0.2, -0.15) is 0 Å². The van der Waals surface area contributed by atoms with Gasteiger partial charge in [-0.15, -0.1) is 0 Å². The number of carbonyl (C=O) groups is 1. The number of carbonyl (C=O) groups excluding carboxylic acids is 1. The zero-order chi connectivity index (χ0) is 10.7. The molecular formula is C12H12FNO. The molecule has 0 radical (unpaired) electrons. The maximum absolute atomic E-state index is 12.6. The van der Waals surface area contributed by atoms with Gasteiger partial charge in [0.15, 0.2) is 0 Å². The van der Waals surface area contributed by atoms with Gasteiger partial charge in [-0.05, 0) is 43.4 Å². The first-order chi connectivity index (χ1) is 7.27. The topological polar surface area (TPSA) is 30.0 Å². The number of hydrogen-bond donors (Lipinski definition) is 0. The Labute approximate surface area is 87.8 Å². The predicted molar refractivity (Wildman–Crippen MR) is 55.1 cm³/mol. The van der Waals surface area contributed by atoms with Gasteiger partial charge in [-0.25, -0.2) is 9.37 Å². The van der Waals surface area contributed by atoms with E-state index >= 15 is 0 Å². The SMILES string of the molecule is O=C(C1=CCCCC1)c1ccc(F)cn1. The summed E-state index contributed by atoms with van der Waals surface area (Å²) in [7, 11) is 0. The van der Waals surface area contributed by atoms with Gasteiger partial charge in [0.25, 0.3) is 0 Å². The van der Waals surface area contributed by atoms with E-state index in [-0.39, 0.29) is 5.78 Å². The largest absolute Gasteiger partial charge is 0.287 e. The molecule has 0 aromatic carbocycles. The van der Waals surface area contributed by atoms with Crippen LogP contribution in [0.4, 0.5) is 4.39 Å². The number of rotatable bonds is 2. The van der Waals surface area contributed by atoms with Crippen LogP contribution in [0.2, 0.25) is 0 Å². The van der Waals surface area contributed by atoms with Crippen molar-refractivity contribution in [2.45, 2.75) is 25.7 Å². The summed E-state index contributed by atoms with van der Waals surface area (Å²) in [6.07, 6.45) is 7.03. The van der Waals surface area contributed by atoms with Gasteiger partial charge >= 0.3 is 0 Å². The summed E-state index contributed by atoms with van der Waals surface area (Å²) in [5, 5.41) is 0. The molecule has 0 amide bonds. The maximum Gasteiger partial charge on any atom is 0.207 e. The minimum absolute atomic E-state index is 0.0605. The molecule has 0 N–H and O–H groups in total. The molecule has 1 aliphatic rings. The van der Waals surface area contributed by atoms with Crippen LogP contribution in [0.25, 0.3) is 0 Å². The second-order valence-corrected chi connectivity index (χ2v) is 3.67. The van der Waals surface area contributed by atoms with Crippen LogP contribution in [0, 0.1) is 5.82 Å². The quantitative estimate of drug-likeness (QED) is 0.695. The van der Waals surface area contributed by atoms with Crippen molar-refractivity contribution in [3.63, 3.8) is 0 Å². The second-order valence-electron chi connectivity index (χ2n) is 3.67. The van der Waals surface area contributed by atoms with Gasteiger partial charge in [-0.3, -0.25) is 4.79 Å². The van der Waals surface area contributed by atoms with Gasteiger partial charge in [0.05, 0.1) is 6.20 Å². The van der Waals surface area contributed by atoms with E-state index in [1.54, 1.807) is 0 Å². The third-order valence-electron chi connectivity index (χ3n) is 2.54. The maximum atomic E-state index is 12.6. The summed E-state index contributed by atoms with van der Waals surface area (Å²) in [6, 6.07) is 2.71. The molecule has 0 aliphatic heterocycles. The molecule has 78 valence electrons. The molecule has 2 nitrogen and oxygen atoms in total. The predicted octanol–water partition coefficient (Wildman–Crippen LogP) is 2.90. The summed E-state index contributed by atoms with van der Waals surface area (Å²) in [5.41, 5.74) is 1.16. The standard InChI is InChI=1S/C12H12FNO/c13-10-6-7-11(14-8-10)12(15)9-4-2-1-3-5-9/h4,6-8H,1-3,5H2. The second kappa shape index (κ2) is 4.34. The Hall–Kier alpha value is -1.51. The molecule has 2 rings (SSSR count). The van der Waals surface area contributed by atoms with E-state index in [0.29, 0.717) is 5.69 Å². The number of pyridine rings is 1. The monoisotopic (exact) mass is 205 g/mol. The van der Waals surface area contributed by atoms with Crippen molar-refractivity contribution in [2.75, 3.05) is 0 Å². The summed E-state index contributed by atoms with van der Waals surface area (Å²) in [5.74, 6) is -0.473. The normalized spacial score (nSPS) is 15.9. The molecule has 0 spiro atoms. The average molecular weight is 205 g/mol. The highest BCUT2D eigenvalue weighted by atomic mass is 19.1. The molecule has 0 bridgehead atoms. The highest BCUT2D eigenvalue weighted by Gasteiger charge is 2.15. The van der Waals surface area contributed by atoms with E-state index in [1.165, 1.54) is 12.1 Å². The smallest absolute Gasteiger partial charge is 0.207 e. The molecule has 0 atom stereocenters. The highest BCUT2D eigenvalue weighted by Crippen LogP contribution is 2.20. The van der Waals surface area contributed by atoms with E-state index in [2.05, 4.69) is 4.98 Å². The van der Waals surface area contributed by atoms with E-state index in [4.69, 9.17) is 0 Å². The molecule has 1 aliphatic carbocycles. The molecule has 1 aromatic heterocycles. The first-order valence-electron chi connectivity index (χ1n) is 5.12. The molecule has 0 unspecified atom stereocenters. The fraction of sp³-hybridized carbons (Fsp3) is 0.333. The molecule has 3 heteroatoms. The molecule has 0 fully saturated rings. The third-order valence-corrected chi connectivity index (χ3v) is 2.54. The van der Waals surface area contributed by atoms with Crippen LogP contribution >= 0.6 is 0 Å². The van der Waals surface area contributed by atoms with Crippen LogP contribution in [0.5, 0.6) is 0 Å². The van der Waals surface area contributed by atoms with Crippen LogP contribution in [0.15, 0.2) is 30.0 Å². The Kier molecular flexibility index (Phi) is 2.90. The Morgan fingerprint density at radius 1 is 1.33 bits per heavy atom. The molecule has 1 heterocycles. The van der Waals surface area contributed by atoms with Crippen LogP contribution in [-0.4, -0.2) is 10.8 Å². The summed E-state index contributed by atoms with van der Waals surface area (Å²) in [4.78, 5) is 15.6. The first kappa shape index (κ1) is 10.0. The van der Waals surface area contributed by atoms with Crippen molar-refractivity contribution < 1.29 is 9.18 Å². The molecule has 0 saturated heterocycles. The van der Waals surface area contributed by atoms with E-state index < -0.39 is 5.82 Å². The molecule has 0 saturated carbocycles. The molecular weight excluding hydrogens is 193 g/mol. The average Bonchev–Trinajstić information content (AvgIpc) is 2.30. The fourth-order valence-corrected chi connectivity index (χ4v) is 1.72. The van der Waals surface area contributed by atoms with Crippen LogP contribution in [0.3, 0.4) is 0 Å². The van der Waals surface area contributed by atoms with Gasteiger partial charge in [0.2, 0.25) is 5.78 Å². The van der Waals surface area contributed by atoms with Crippen molar-refractivity contribution >= 4 is 5.78 Å². The van der Waals surface area contributed by atoms with E-state index in [1.807, 2.05) is 6.08 Å². The summed E-state index contributed by atoms with van der Waals surface area (Å²) >= 11 is 0. The van der Waals surface area contributed by atoms with Crippen molar-refractivity contribution in [1.29, 1.82) is 0 Å². The lowest BCUT2D eigenvalue weighted by Crippen LogP contribution is -2.08. The zero-order valence-corrected chi connectivity index (χ0v) is 8.37. The summed E-state index contributed by atoms with van der Waals surface area (Å²) < 4.78 is 12.6. The summed E-state index contributed by atoms with van der Waals surface area (Å²) in [6.45, 7) is 0. The minimum Gasteiger partial charge on any atom is -0.287 e. The van der Waals surface area contributed by atoms with E-state index in [0.717, 1.165) is 37.5 Å². The number of Topliss-reactive ketones (excluding diaryl/α,β-unsaturated/α-hetero) is 1. The highest BCUT2D eigenvalue weighted by molar-refractivity contribution is 6.07. The van der Waals surface area contributed by atoms with Crippen molar-refractivity contribution in [3.05, 3.63) is 41.5 Å². The Morgan fingerprint density at radius 3 is 2.80 bits per heavy atom. The van der Waals surface area contributed by atoms with Crippen molar-refractivity contribution in [3.8, 4) is 0 Å². The van der Waals surface area contributed by atoms with Crippen molar-refractivity contribution in [2.24, 2.45) is 0 Å². The number of halogens is 1. The minimum atomic E-state index is -0.413. The number of ketones is 1. The number of aromatic nitrogens is 1. The van der Waals surface area contributed by atoms with Gasteiger partial charge < -0.3 is 0 Å². The Morgan fingerprint density at radius 2 is 2.20 bits per heavy atom. The van der Waals surface area contributed by atoms with Crippen LogP contribution in [0.1, 0.15) is 36.2 Å². The number of nitrogens with zero attached hydrogens (tertiary/aromatic N) is 1. The first-order valence-corrected chi connectivity index (χ1v) is 5.12. The Bertz CT molecular complexity index is 395. The Balaban J connectivity index is 2.20. The number of allylic oxidation sites excluding steroid dienone is 2. The van der Waals surface area contributed by atoms with Gasteiger partial charge in [-0.1, -0.05) is 6.08 Å². The number of hydrogen-bond acceptors (Lipinski definition) is 2. The lowest BCUT2D eigenvalue weighted by Gasteiger charge is -2.10. The van der Waals surface area contributed by atoms with Crippen LogP contribution in [-0.2, 0) is 0 Å². The van der Waals surface area contributed by atoms with E-state index in [9.17, 15) is 9.18 Å². The zero-order valence-electron chi connectivity index (χ0n) is 8.37. The van der Waals surface area contributed by atoms with Crippen molar-refractivity contribution in [1.82, 2.24) is 4.98 Å². The molecule has 15 heavy (non-hydrogen) atoms. The lowest BCUT2D eigenvalue weighted by atomic mass is 9.95. The molecule has 1 aromatic rings. The lowest BCUT2D eigenvalue weighted by molar-refractivity contribution is 0.102. The van der Waals surface area contributed by atoms with Crippen LogP contribution < -0.4 is 0 Å². The van der Waals surface area contributed by atoms with Gasteiger partial charge in [0, 0.05) is 0 Å². The van der Waals surface area contributed by atoms with Gasteiger partial charge in [0.1, 0.15) is 11.5 Å².